The Balaban J connectivity index is 3.55. The van der Waals surface area contributed by atoms with Gasteiger partial charge in [-0.2, -0.15) is 0 Å². The Kier molecular flexibility index (Phi) is 2.77. The number of carbonyl (C=O) groups is 1. The number of carboxylic acids is 1. The number of rotatable bonds is 2. The molecule has 0 spiro atoms. The maximum absolute atomic E-state index is 9.87. The van der Waals surface area contributed by atoms with Gasteiger partial charge in [-0.05, 0) is 0 Å². The molecule has 7 heavy (non-hydrogen) atoms. The van der Waals surface area contributed by atoms with E-state index in [1.165, 1.54) is 6.08 Å². The molecule has 0 saturated carbocycles. The van der Waals surface area contributed by atoms with Gasteiger partial charge in [-0.3, -0.25) is 0 Å². The van der Waals surface area contributed by atoms with Gasteiger partial charge in [-0.15, -0.1) is 0 Å². The first-order chi connectivity index (χ1) is 3.18. The summed E-state index contributed by atoms with van der Waals surface area (Å²) in [6.45, 7) is 3.32. The summed E-state index contributed by atoms with van der Waals surface area (Å²) in [5, 5.41) is 8.13. The van der Waals surface area contributed by atoms with Crippen LogP contribution in [0.5, 0.6) is 0 Å². The predicted octanol–water partition coefficient (Wildman–Crippen LogP) is -0.321. The quantitative estimate of drug-likeness (QED) is 0.446. The van der Waals surface area contributed by atoms with Crippen LogP contribution in [0.2, 0.25) is 4.71 Å². The van der Waals surface area contributed by atoms with Crippen LogP contribution < -0.4 is 0 Å². The zero-order chi connectivity index (χ0) is 5.86. The Labute approximate surface area is 50.7 Å². The Morgan fingerprint density at radius 1 is 2.00 bits per heavy atom. The van der Waals surface area contributed by atoms with E-state index in [-0.39, 0.29) is 4.71 Å². The number of carboxylic acid groups (broad SMARTS) is 1. The molecule has 0 aromatic heterocycles. The van der Waals surface area contributed by atoms with E-state index in [9.17, 15) is 4.79 Å². The van der Waals surface area contributed by atoms with Crippen molar-refractivity contribution in [1.29, 1.82) is 0 Å². The predicted molar refractivity (Wildman–Crippen MR) is 30.1 cm³/mol. The summed E-state index contributed by atoms with van der Waals surface area (Å²) in [6, 6.07) is 0. The van der Waals surface area contributed by atoms with Crippen LogP contribution in [0.3, 0.4) is 0 Å². The van der Waals surface area contributed by atoms with Gasteiger partial charge in [0.2, 0.25) is 0 Å². The van der Waals surface area contributed by atoms with Gasteiger partial charge >= 0.3 is 50.1 Å². The normalized spacial score (nSPS) is 12.7. The first-order valence-corrected chi connectivity index (χ1v) is 3.19. The fourth-order valence-electron chi connectivity index (χ4n) is 0.101. The summed E-state index contributed by atoms with van der Waals surface area (Å²) in [7, 11) is 0. The minimum atomic E-state index is -0.796. The van der Waals surface area contributed by atoms with Crippen LogP contribution in [0, 0.1) is 0 Å². The second kappa shape index (κ2) is 2.86. The molecule has 0 fully saturated rings. The molecular formula is C4H7AsO2. The van der Waals surface area contributed by atoms with Gasteiger partial charge in [-0.1, -0.05) is 0 Å². The van der Waals surface area contributed by atoms with Crippen molar-refractivity contribution in [3.05, 3.63) is 12.7 Å². The van der Waals surface area contributed by atoms with Crippen LogP contribution in [-0.2, 0) is 4.79 Å². The fraction of sp³-hybridized carbons (Fsp3) is 0.250. The average Bonchev–Trinajstić information content (AvgIpc) is 1.65. The van der Waals surface area contributed by atoms with Gasteiger partial charge in [0.05, 0.1) is 0 Å². The molecule has 0 saturated heterocycles. The van der Waals surface area contributed by atoms with E-state index in [2.05, 4.69) is 6.58 Å². The molecule has 0 aromatic rings. The van der Waals surface area contributed by atoms with Crippen molar-refractivity contribution in [2.75, 3.05) is 0 Å². The second-order valence-electron chi connectivity index (χ2n) is 1.10. The number of aliphatic carboxylic acids is 1. The van der Waals surface area contributed by atoms with E-state index in [1.807, 2.05) is 0 Å². The molecule has 0 aromatic carbocycles. The van der Waals surface area contributed by atoms with Crippen molar-refractivity contribution in [1.82, 2.24) is 0 Å². The van der Waals surface area contributed by atoms with E-state index in [1.54, 1.807) is 0 Å². The molecule has 0 bridgehead atoms. The molecule has 40 valence electrons. The van der Waals surface area contributed by atoms with Gasteiger partial charge in [0.15, 0.2) is 0 Å². The van der Waals surface area contributed by atoms with Crippen LogP contribution in [0.4, 0.5) is 0 Å². The van der Waals surface area contributed by atoms with Crippen molar-refractivity contribution >= 4 is 22.8 Å². The molecule has 2 atom stereocenters. The molecule has 0 rings (SSSR count). The van der Waals surface area contributed by atoms with Gasteiger partial charge in [0.25, 0.3) is 0 Å². The minimum absolute atomic E-state index is 0.354. The van der Waals surface area contributed by atoms with Gasteiger partial charge in [-0.25, -0.2) is 0 Å². The van der Waals surface area contributed by atoms with Gasteiger partial charge in [0.1, 0.15) is 0 Å². The molecule has 0 aliphatic carbocycles. The van der Waals surface area contributed by atoms with Crippen molar-refractivity contribution in [3.63, 3.8) is 0 Å². The van der Waals surface area contributed by atoms with E-state index in [4.69, 9.17) is 5.11 Å². The molecule has 0 radical (unpaired) electrons. The molecule has 2 nitrogen and oxygen atoms in total. The van der Waals surface area contributed by atoms with Crippen molar-refractivity contribution < 1.29 is 9.90 Å². The first-order valence-electron chi connectivity index (χ1n) is 1.79. The Hall–Kier alpha value is -0.232. The fourth-order valence-corrected chi connectivity index (χ4v) is 0.101. The zero-order valence-electron chi connectivity index (χ0n) is 3.79. The summed E-state index contributed by atoms with van der Waals surface area (Å²) in [6.07, 6.45) is 1.42. The number of hydrogen-bond acceptors (Lipinski definition) is 1. The molecule has 0 aliphatic heterocycles. The summed E-state index contributed by atoms with van der Waals surface area (Å²) in [5.41, 5.74) is 0. The molecule has 2 unspecified atom stereocenters. The van der Waals surface area contributed by atoms with Crippen LogP contribution in [-0.4, -0.2) is 27.9 Å². The van der Waals surface area contributed by atoms with Crippen LogP contribution in [0.1, 0.15) is 0 Å². The van der Waals surface area contributed by atoms with E-state index in [0.29, 0.717) is 0 Å². The summed E-state index contributed by atoms with van der Waals surface area (Å²) in [4.78, 5) is 9.87. The molecular weight excluding hydrogens is 155 g/mol. The van der Waals surface area contributed by atoms with E-state index < -0.39 is 5.97 Å². The van der Waals surface area contributed by atoms with Crippen LogP contribution in [0.15, 0.2) is 12.7 Å². The second-order valence-corrected chi connectivity index (χ2v) is 2.61. The van der Waals surface area contributed by atoms with Crippen LogP contribution >= 0.6 is 0 Å². The Bertz CT molecular complexity index is 89.7. The third kappa shape index (κ3) is 2.46. The van der Waals surface area contributed by atoms with Gasteiger partial charge in [0, 0.05) is 0 Å². The molecule has 0 aliphatic rings. The average molecular weight is 162 g/mol. The molecule has 3 heteroatoms. The van der Waals surface area contributed by atoms with E-state index >= 15 is 0 Å². The molecule has 0 heterocycles. The summed E-state index contributed by atoms with van der Waals surface area (Å²) in [5.74, 6) is -0.796. The third-order valence-electron chi connectivity index (χ3n) is 0.539. The van der Waals surface area contributed by atoms with Crippen LogP contribution in [0.25, 0.3) is 0 Å². The number of hydrogen-bond donors (Lipinski definition) is 1. The van der Waals surface area contributed by atoms with Crippen molar-refractivity contribution in [2.24, 2.45) is 0 Å². The van der Waals surface area contributed by atoms with Crippen molar-refractivity contribution in [2.45, 2.75) is 4.71 Å². The zero-order valence-corrected chi connectivity index (χ0v) is 6.22. The molecule has 1 N–H and O–H groups in total. The SMILES string of the molecule is C=CC([AsH2])C(=O)O. The maximum atomic E-state index is 9.87. The first kappa shape index (κ1) is 6.77. The summed E-state index contributed by atoms with van der Waals surface area (Å²) < 4.78 is -0.354. The topological polar surface area (TPSA) is 37.3 Å². The Morgan fingerprint density at radius 3 is 2.43 bits per heavy atom. The molecule has 0 amide bonds. The van der Waals surface area contributed by atoms with Crippen molar-refractivity contribution in [3.8, 4) is 0 Å². The summed E-state index contributed by atoms with van der Waals surface area (Å²) >= 11 is 1.16. The Morgan fingerprint density at radius 2 is 2.43 bits per heavy atom. The standard InChI is InChI=1S/C4H7AsO2/c1-2-3(5)4(6)7/h2-3H,1,5H2,(H,6,7). The monoisotopic (exact) mass is 162 g/mol. The van der Waals surface area contributed by atoms with E-state index in [0.717, 1.165) is 16.9 Å². The van der Waals surface area contributed by atoms with Gasteiger partial charge < -0.3 is 0 Å². The third-order valence-corrected chi connectivity index (χ3v) is 1.71.